The Morgan fingerprint density at radius 2 is 1.79 bits per heavy atom. The lowest BCUT2D eigenvalue weighted by Crippen LogP contribution is -2.44. The molecule has 1 rings (SSSR count). The molecule has 0 spiro atoms. The van der Waals surface area contributed by atoms with Gasteiger partial charge in [0.15, 0.2) is 9.84 Å². The summed E-state index contributed by atoms with van der Waals surface area (Å²) in [6.07, 6.45) is 3.06. The summed E-state index contributed by atoms with van der Waals surface area (Å²) in [5.74, 6) is 0.694. The largest absolute Gasteiger partial charge is 0.316 e. The highest BCUT2D eigenvalue weighted by Crippen LogP contribution is 2.27. The molecule has 1 aliphatic heterocycles. The second-order valence-corrected chi connectivity index (χ2v) is 8.07. The van der Waals surface area contributed by atoms with Gasteiger partial charge in [-0.05, 0) is 37.8 Å². The molecule has 5 heteroatoms. The molecule has 1 heterocycles. The summed E-state index contributed by atoms with van der Waals surface area (Å²) in [6, 6.07) is 0. The zero-order valence-electron chi connectivity index (χ0n) is 12.7. The molecule has 4 nitrogen and oxygen atoms in total. The summed E-state index contributed by atoms with van der Waals surface area (Å²) in [7, 11) is -2.80. The minimum atomic E-state index is -2.80. The van der Waals surface area contributed by atoms with Gasteiger partial charge < -0.3 is 10.2 Å². The predicted molar refractivity (Wildman–Crippen MR) is 81.3 cm³/mol. The van der Waals surface area contributed by atoms with Crippen LogP contribution in [-0.2, 0) is 9.84 Å². The lowest BCUT2D eigenvalue weighted by Gasteiger charge is -2.37. The summed E-state index contributed by atoms with van der Waals surface area (Å²) < 4.78 is 23.3. The first-order valence-corrected chi connectivity index (χ1v) is 9.42. The van der Waals surface area contributed by atoms with Crippen molar-refractivity contribution in [2.45, 2.75) is 40.0 Å². The summed E-state index contributed by atoms with van der Waals surface area (Å²) in [4.78, 5) is 2.36. The molecular formula is C14H30N2O2S. The lowest BCUT2D eigenvalue weighted by molar-refractivity contribution is 0.141. The summed E-state index contributed by atoms with van der Waals surface area (Å²) in [5, 5.41) is 3.47. The van der Waals surface area contributed by atoms with Gasteiger partial charge in [-0.15, -0.1) is 0 Å². The van der Waals surface area contributed by atoms with Gasteiger partial charge >= 0.3 is 0 Å². The quantitative estimate of drug-likeness (QED) is 0.772. The molecule has 0 unspecified atom stereocenters. The maximum atomic E-state index is 11.7. The molecule has 1 saturated heterocycles. The Morgan fingerprint density at radius 1 is 1.11 bits per heavy atom. The van der Waals surface area contributed by atoms with Crippen LogP contribution in [0.15, 0.2) is 0 Å². The second kappa shape index (κ2) is 7.60. The average Bonchev–Trinajstić information content (AvgIpc) is 2.56. The molecule has 0 saturated carbocycles. The molecule has 1 fully saturated rings. The highest BCUT2D eigenvalue weighted by atomic mass is 32.2. The van der Waals surface area contributed by atoms with Gasteiger partial charge in [0.05, 0.1) is 11.5 Å². The number of hydrogen-bond donors (Lipinski definition) is 1. The van der Waals surface area contributed by atoms with Crippen molar-refractivity contribution in [1.29, 1.82) is 0 Å². The van der Waals surface area contributed by atoms with Gasteiger partial charge in [0, 0.05) is 19.6 Å². The fraction of sp³-hybridized carbons (Fsp3) is 1.00. The van der Waals surface area contributed by atoms with Gasteiger partial charge in [-0.25, -0.2) is 8.42 Å². The van der Waals surface area contributed by atoms with Crippen molar-refractivity contribution >= 4 is 9.84 Å². The SMILES string of the molecule is CCNCC(CC)(CC)CN1CCCS(=O)(=O)CC1. The number of hydrogen-bond acceptors (Lipinski definition) is 4. The molecule has 0 amide bonds. The molecule has 0 radical (unpaired) electrons. The maximum Gasteiger partial charge on any atom is 0.151 e. The summed E-state index contributed by atoms with van der Waals surface area (Å²) >= 11 is 0. The molecule has 0 bridgehead atoms. The minimum Gasteiger partial charge on any atom is -0.316 e. The van der Waals surface area contributed by atoms with Gasteiger partial charge in [-0.2, -0.15) is 0 Å². The Balaban J connectivity index is 2.63. The van der Waals surface area contributed by atoms with E-state index in [0.717, 1.165) is 45.4 Å². The Morgan fingerprint density at radius 3 is 2.37 bits per heavy atom. The fourth-order valence-electron chi connectivity index (χ4n) is 2.79. The first kappa shape index (κ1) is 16.9. The lowest BCUT2D eigenvalue weighted by atomic mass is 9.81. The van der Waals surface area contributed by atoms with E-state index in [2.05, 4.69) is 31.0 Å². The standard InChI is InChI=1S/C14H30N2O2S/c1-4-14(5-2,12-15-6-3)13-16-8-7-10-19(17,18)11-9-16/h15H,4-13H2,1-3H3. The van der Waals surface area contributed by atoms with Crippen molar-refractivity contribution < 1.29 is 8.42 Å². The molecule has 0 aliphatic carbocycles. The van der Waals surface area contributed by atoms with Crippen LogP contribution in [0.5, 0.6) is 0 Å². The average molecular weight is 290 g/mol. The van der Waals surface area contributed by atoms with E-state index < -0.39 is 9.84 Å². The van der Waals surface area contributed by atoms with E-state index in [1.165, 1.54) is 0 Å². The van der Waals surface area contributed by atoms with E-state index >= 15 is 0 Å². The number of nitrogens with zero attached hydrogens (tertiary/aromatic N) is 1. The molecule has 0 aromatic heterocycles. The number of rotatable bonds is 7. The minimum absolute atomic E-state index is 0.282. The van der Waals surface area contributed by atoms with Crippen LogP contribution in [0.25, 0.3) is 0 Å². The van der Waals surface area contributed by atoms with Crippen molar-refractivity contribution in [3.8, 4) is 0 Å². The fourth-order valence-corrected chi connectivity index (χ4v) is 4.10. The van der Waals surface area contributed by atoms with E-state index in [1.54, 1.807) is 0 Å². The van der Waals surface area contributed by atoms with Crippen molar-refractivity contribution in [3.05, 3.63) is 0 Å². The molecular weight excluding hydrogens is 260 g/mol. The van der Waals surface area contributed by atoms with Crippen LogP contribution in [0.4, 0.5) is 0 Å². The Labute approximate surface area is 118 Å². The number of sulfone groups is 1. The number of nitrogens with one attached hydrogen (secondary N) is 1. The van der Waals surface area contributed by atoms with Crippen LogP contribution < -0.4 is 5.32 Å². The maximum absolute atomic E-state index is 11.7. The monoisotopic (exact) mass is 290 g/mol. The van der Waals surface area contributed by atoms with E-state index in [4.69, 9.17) is 0 Å². The Bertz CT molecular complexity index is 350. The third kappa shape index (κ3) is 5.40. The summed E-state index contributed by atoms with van der Waals surface area (Å²) in [6.45, 7) is 11.3. The highest BCUT2D eigenvalue weighted by Gasteiger charge is 2.30. The molecule has 0 aromatic carbocycles. The Hall–Kier alpha value is -0.130. The molecule has 0 aromatic rings. The van der Waals surface area contributed by atoms with Gasteiger partial charge in [0.2, 0.25) is 0 Å². The topological polar surface area (TPSA) is 49.4 Å². The Kier molecular flexibility index (Phi) is 6.77. The third-order valence-electron chi connectivity index (χ3n) is 4.46. The van der Waals surface area contributed by atoms with Gasteiger partial charge in [-0.1, -0.05) is 20.8 Å². The predicted octanol–water partition coefficient (Wildman–Crippen LogP) is 1.52. The zero-order valence-corrected chi connectivity index (χ0v) is 13.6. The first-order chi connectivity index (χ1) is 8.97. The van der Waals surface area contributed by atoms with Gasteiger partial charge in [0.25, 0.3) is 0 Å². The van der Waals surface area contributed by atoms with E-state index in [0.29, 0.717) is 18.1 Å². The van der Waals surface area contributed by atoms with Gasteiger partial charge in [-0.3, -0.25) is 0 Å². The first-order valence-electron chi connectivity index (χ1n) is 7.60. The van der Waals surface area contributed by atoms with Crippen molar-refractivity contribution in [1.82, 2.24) is 10.2 Å². The van der Waals surface area contributed by atoms with Crippen LogP contribution in [0.2, 0.25) is 0 Å². The van der Waals surface area contributed by atoms with Gasteiger partial charge in [0.1, 0.15) is 0 Å². The van der Waals surface area contributed by atoms with E-state index in [-0.39, 0.29) is 5.41 Å². The molecule has 114 valence electrons. The zero-order chi connectivity index (χ0) is 14.4. The third-order valence-corrected chi connectivity index (χ3v) is 6.17. The van der Waals surface area contributed by atoms with Crippen molar-refractivity contribution in [3.63, 3.8) is 0 Å². The summed E-state index contributed by atoms with van der Waals surface area (Å²) in [5.41, 5.74) is 0.282. The smallest absolute Gasteiger partial charge is 0.151 e. The van der Waals surface area contributed by atoms with Crippen LogP contribution in [0, 0.1) is 5.41 Å². The van der Waals surface area contributed by atoms with Crippen LogP contribution in [-0.4, -0.2) is 57.5 Å². The van der Waals surface area contributed by atoms with Crippen LogP contribution >= 0.6 is 0 Å². The van der Waals surface area contributed by atoms with Crippen LogP contribution in [0.3, 0.4) is 0 Å². The molecule has 19 heavy (non-hydrogen) atoms. The highest BCUT2D eigenvalue weighted by molar-refractivity contribution is 7.91. The second-order valence-electron chi connectivity index (χ2n) is 5.77. The van der Waals surface area contributed by atoms with E-state index in [9.17, 15) is 8.42 Å². The van der Waals surface area contributed by atoms with Crippen molar-refractivity contribution in [2.24, 2.45) is 5.41 Å². The molecule has 0 atom stereocenters. The molecule has 1 aliphatic rings. The van der Waals surface area contributed by atoms with E-state index in [1.807, 2.05) is 0 Å². The molecule has 1 N–H and O–H groups in total. The van der Waals surface area contributed by atoms with Crippen molar-refractivity contribution in [2.75, 3.05) is 44.2 Å². The van der Waals surface area contributed by atoms with Crippen LogP contribution in [0.1, 0.15) is 40.0 Å². The normalized spacial score (nSPS) is 21.2.